The summed E-state index contributed by atoms with van der Waals surface area (Å²) in [5.41, 5.74) is 0.733. The predicted octanol–water partition coefficient (Wildman–Crippen LogP) is 4.88. The molecule has 1 aromatic rings. The fourth-order valence-corrected chi connectivity index (χ4v) is 3.54. The normalized spacial score (nSPS) is 17.8. The molecule has 0 radical (unpaired) electrons. The summed E-state index contributed by atoms with van der Waals surface area (Å²) in [7, 11) is 1.34. The zero-order valence-corrected chi connectivity index (χ0v) is 15.4. The zero-order chi connectivity index (χ0) is 17.9. The number of benzene rings is 1. The standard InChI is InChI=1S/C21H31NO3/c1-25-21(24)19-16-12-11-15-18(19)20(23)22-17-13-9-7-5-3-2-4-6-8-10-14-17/h11-12,15-17H,2-10,13-14H2,1H3,(H,22,23). The van der Waals surface area contributed by atoms with E-state index in [-0.39, 0.29) is 11.9 Å². The average Bonchev–Trinajstić information content (AvgIpc) is 2.63. The number of rotatable bonds is 3. The molecule has 0 aliphatic heterocycles. The summed E-state index contributed by atoms with van der Waals surface area (Å²) in [5.74, 6) is -0.637. The molecule has 1 amide bonds. The van der Waals surface area contributed by atoms with Crippen LogP contribution in [-0.2, 0) is 4.74 Å². The van der Waals surface area contributed by atoms with Gasteiger partial charge < -0.3 is 10.1 Å². The SMILES string of the molecule is COC(=O)c1ccccc1C(=O)NC1CCCCCCCCCCC1. The van der Waals surface area contributed by atoms with Gasteiger partial charge in [0.2, 0.25) is 0 Å². The molecular formula is C21H31NO3. The van der Waals surface area contributed by atoms with Crippen LogP contribution < -0.4 is 5.32 Å². The maximum absolute atomic E-state index is 12.7. The Kier molecular flexibility index (Phi) is 8.50. The van der Waals surface area contributed by atoms with Gasteiger partial charge in [-0.3, -0.25) is 4.79 Å². The van der Waals surface area contributed by atoms with Crippen LogP contribution in [0.15, 0.2) is 24.3 Å². The highest BCUT2D eigenvalue weighted by atomic mass is 16.5. The van der Waals surface area contributed by atoms with Crippen LogP contribution in [0.1, 0.15) is 91.3 Å². The van der Waals surface area contributed by atoms with Crippen molar-refractivity contribution in [3.63, 3.8) is 0 Å². The summed E-state index contributed by atoms with van der Waals surface area (Å²) in [4.78, 5) is 24.6. The Balaban J connectivity index is 2.00. The Morgan fingerprint density at radius 3 is 1.84 bits per heavy atom. The highest BCUT2D eigenvalue weighted by Crippen LogP contribution is 2.18. The summed E-state index contributed by atoms with van der Waals surface area (Å²) >= 11 is 0. The van der Waals surface area contributed by atoms with Gasteiger partial charge >= 0.3 is 5.97 Å². The Hall–Kier alpha value is -1.84. The first-order valence-electron chi connectivity index (χ1n) is 9.70. The molecule has 4 heteroatoms. The molecule has 0 unspecified atom stereocenters. The number of ether oxygens (including phenoxy) is 1. The summed E-state index contributed by atoms with van der Waals surface area (Å²) in [6.07, 6.45) is 13.5. The molecule has 0 heterocycles. The number of nitrogens with one attached hydrogen (secondary N) is 1. The number of hydrogen-bond donors (Lipinski definition) is 1. The van der Waals surface area contributed by atoms with Gasteiger partial charge in [-0.25, -0.2) is 4.79 Å². The lowest BCUT2D eigenvalue weighted by molar-refractivity contribution is 0.0596. The van der Waals surface area contributed by atoms with E-state index < -0.39 is 5.97 Å². The molecule has 0 spiro atoms. The molecule has 1 aromatic carbocycles. The highest BCUT2D eigenvalue weighted by molar-refractivity contribution is 6.05. The van der Waals surface area contributed by atoms with E-state index >= 15 is 0 Å². The molecule has 1 aliphatic carbocycles. The fraction of sp³-hybridized carbons (Fsp3) is 0.619. The van der Waals surface area contributed by atoms with Crippen molar-refractivity contribution in [2.45, 2.75) is 76.7 Å². The van der Waals surface area contributed by atoms with E-state index in [1.54, 1.807) is 24.3 Å². The molecule has 0 atom stereocenters. The van der Waals surface area contributed by atoms with Gasteiger partial charge in [0, 0.05) is 6.04 Å². The predicted molar refractivity (Wildman–Crippen MR) is 99.8 cm³/mol. The number of esters is 1. The van der Waals surface area contributed by atoms with Crippen LogP contribution in [0.5, 0.6) is 0 Å². The van der Waals surface area contributed by atoms with E-state index in [0.717, 1.165) is 25.7 Å². The molecule has 1 aliphatic rings. The second-order valence-electron chi connectivity index (χ2n) is 6.97. The number of hydrogen-bond acceptors (Lipinski definition) is 3. The van der Waals surface area contributed by atoms with E-state index in [1.807, 2.05) is 0 Å². The molecule has 1 fully saturated rings. The van der Waals surface area contributed by atoms with Gasteiger partial charge in [-0.1, -0.05) is 69.9 Å². The first-order chi connectivity index (χ1) is 12.2. The van der Waals surface area contributed by atoms with Crippen molar-refractivity contribution >= 4 is 11.9 Å². The maximum atomic E-state index is 12.7. The first-order valence-corrected chi connectivity index (χ1v) is 9.70. The number of amides is 1. The van der Waals surface area contributed by atoms with Crippen LogP contribution in [-0.4, -0.2) is 25.0 Å². The second kappa shape index (κ2) is 10.9. The number of methoxy groups -OCH3 is 1. The van der Waals surface area contributed by atoms with Crippen LogP contribution >= 0.6 is 0 Å². The quantitative estimate of drug-likeness (QED) is 0.795. The third-order valence-electron chi connectivity index (χ3n) is 5.02. The molecule has 138 valence electrons. The Labute approximate surface area is 151 Å². The molecular weight excluding hydrogens is 314 g/mol. The topological polar surface area (TPSA) is 55.4 Å². The highest BCUT2D eigenvalue weighted by Gasteiger charge is 2.19. The summed E-state index contributed by atoms with van der Waals surface area (Å²) in [5, 5.41) is 3.16. The van der Waals surface area contributed by atoms with Crippen molar-refractivity contribution < 1.29 is 14.3 Å². The third-order valence-corrected chi connectivity index (χ3v) is 5.02. The van der Waals surface area contributed by atoms with Gasteiger partial charge in [-0.15, -0.1) is 0 Å². The van der Waals surface area contributed by atoms with Crippen LogP contribution in [0.3, 0.4) is 0 Å². The van der Waals surface area contributed by atoms with Crippen molar-refractivity contribution in [2.75, 3.05) is 7.11 Å². The van der Waals surface area contributed by atoms with Crippen molar-refractivity contribution in [1.29, 1.82) is 0 Å². The van der Waals surface area contributed by atoms with Gasteiger partial charge in [0.05, 0.1) is 18.2 Å². The van der Waals surface area contributed by atoms with Gasteiger partial charge in [-0.05, 0) is 25.0 Å². The Morgan fingerprint density at radius 2 is 1.32 bits per heavy atom. The van der Waals surface area contributed by atoms with E-state index in [9.17, 15) is 9.59 Å². The molecule has 1 saturated carbocycles. The smallest absolute Gasteiger partial charge is 0.338 e. The minimum Gasteiger partial charge on any atom is -0.465 e. The van der Waals surface area contributed by atoms with E-state index in [4.69, 9.17) is 4.74 Å². The van der Waals surface area contributed by atoms with Crippen LogP contribution in [0, 0.1) is 0 Å². The van der Waals surface area contributed by atoms with Crippen LogP contribution in [0.4, 0.5) is 0 Å². The fourth-order valence-electron chi connectivity index (χ4n) is 3.54. The minimum absolute atomic E-state index is 0.168. The van der Waals surface area contributed by atoms with Gasteiger partial charge in [0.1, 0.15) is 0 Å². The summed E-state index contributed by atoms with van der Waals surface area (Å²) < 4.78 is 4.79. The molecule has 0 bridgehead atoms. The molecule has 2 rings (SSSR count). The molecule has 0 saturated heterocycles. The monoisotopic (exact) mass is 345 g/mol. The lowest BCUT2D eigenvalue weighted by Gasteiger charge is -2.20. The van der Waals surface area contributed by atoms with Crippen molar-refractivity contribution in [3.8, 4) is 0 Å². The average molecular weight is 345 g/mol. The Morgan fingerprint density at radius 1 is 0.840 bits per heavy atom. The summed E-state index contributed by atoms with van der Waals surface area (Å²) in [6, 6.07) is 7.05. The van der Waals surface area contributed by atoms with Crippen molar-refractivity contribution in [1.82, 2.24) is 5.32 Å². The van der Waals surface area contributed by atoms with Gasteiger partial charge in [-0.2, -0.15) is 0 Å². The maximum Gasteiger partial charge on any atom is 0.338 e. The van der Waals surface area contributed by atoms with Crippen molar-refractivity contribution in [2.24, 2.45) is 0 Å². The first kappa shape index (κ1) is 19.5. The van der Waals surface area contributed by atoms with E-state index in [2.05, 4.69) is 5.32 Å². The van der Waals surface area contributed by atoms with Crippen LogP contribution in [0.25, 0.3) is 0 Å². The van der Waals surface area contributed by atoms with E-state index in [0.29, 0.717) is 11.1 Å². The molecule has 0 aromatic heterocycles. The number of carbonyl (C=O) groups excluding carboxylic acids is 2. The Bertz CT molecular complexity index is 544. The molecule has 4 nitrogen and oxygen atoms in total. The van der Waals surface area contributed by atoms with Crippen LogP contribution in [0.2, 0.25) is 0 Å². The number of carbonyl (C=O) groups is 2. The minimum atomic E-state index is -0.468. The third kappa shape index (κ3) is 6.52. The van der Waals surface area contributed by atoms with E-state index in [1.165, 1.54) is 52.1 Å². The molecule has 25 heavy (non-hydrogen) atoms. The largest absolute Gasteiger partial charge is 0.465 e. The lowest BCUT2D eigenvalue weighted by atomic mass is 9.97. The zero-order valence-electron chi connectivity index (χ0n) is 15.4. The molecule has 1 N–H and O–H groups in total. The lowest BCUT2D eigenvalue weighted by Crippen LogP contribution is -2.35. The van der Waals surface area contributed by atoms with Crippen molar-refractivity contribution in [3.05, 3.63) is 35.4 Å². The second-order valence-corrected chi connectivity index (χ2v) is 6.97. The van der Waals surface area contributed by atoms with Gasteiger partial charge in [0.25, 0.3) is 5.91 Å². The van der Waals surface area contributed by atoms with Gasteiger partial charge in [0.15, 0.2) is 0 Å². The summed E-state index contributed by atoms with van der Waals surface area (Å²) in [6.45, 7) is 0.